The van der Waals surface area contributed by atoms with E-state index in [1.807, 2.05) is 73.8 Å². The Balaban J connectivity index is 1.54. The number of allylic oxidation sites excluding steroid dienone is 1. The van der Waals surface area contributed by atoms with Crippen molar-refractivity contribution < 1.29 is 9.53 Å². The van der Waals surface area contributed by atoms with E-state index < -0.39 is 0 Å². The number of rotatable bonds is 7. The van der Waals surface area contributed by atoms with Crippen LogP contribution in [0.1, 0.15) is 17.2 Å². The van der Waals surface area contributed by atoms with Gasteiger partial charge in [0.05, 0.1) is 11.8 Å². The molecule has 5 heteroatoms. The maximum Gasteiger partial charge on any atom is 0.246 e. The van der Waals surface area contributed by atoms with Gasteiger partial charge in [0, 0.05) is 24.8 Å². The topological polar surface area (TPSA) is 46.8 Å². The van der Waals surface area contributed by atoms with Crippen molar-refractivity contribution in [3.05, 3.63) is 103 Å². The Labute approximate surface area is 182 Å². The van der Waals surface area contributed by atoms with Crippen LogP contribution in [-0.2, 0) is 4.79 Å². The van der Waals surface area contributed by atoms with Gasteiger partial charge in [-0.15, -0.1) is 0 Å². The van der Waals surface area contributed by atoms with Gasteiger partial charge in [-0.3, -0.25) is 4.79 Å². The number of carbonyl (C=O) groups excluding carboxylic acids is 1. The van der Waals surface area contributed by atoms with Crippen LogP contribution in [-0.4, -0.2) is 34.2 Å². The lowest BCUT2D eigenvalue weighted by atomic mass is 10.1. The lowest BCUT2D eigenvalue weighted by Crippen LogP contribution is -2.49. The van der Waals surface area contributed by atoms with Gasteiger partial charge >= 0.3 is 0 Å². The minimum absolute atomic E-state index is 0.0326. The third kappa shape index (κ3) is 4.36. The molecule has 0 unspecified atom stereocenters. The fraction of sp³-hybridized carbons (Fsp3) is 0.154. The number of hydrogen-bond donors (Lipinski definition) is 0. The molecule has 1 aromatic heterocycles. The second kappa shape index (κ2) is 8.88. The minimum Gasteiger partial charge on any atom is -0.457 e. The van der Waals surface area contributed by atoms with Gasteiger partial charge in [-0.05, 0) is 67.1 Å². The molecule has 0 spiro atoms. The molecule has 0 bridgehead atoms. The number of hydrogen-bond acceptors (Lipinski definition) is 3. The molecule has 4 rings (SSSR count). The summed E-state index contributed by atoms with van der Waals surface area (Å²) in [6.45, 7) is 10.9. The quantitative estimate of drug-likeness (QED) is 0.383. The van der Waals surface area contributed by atoms with Crippen LogP contribution in [0.4, 0.5) is 5.82 Å². The molecule has 1 fully saturated rings. The van der Waals surface area contributed by atoms with Gasteiger partial charge in [-0.1, -0.05) is 31.4 Å². The zero-order valence-electron chi connectivity index (χ0n) is 17.6. The monoisotopic (exact) mass is 411 g/mol. The maximum atomic E-state index is 11.8. The first-order valence-corrected chi connectivity index (χ1v) is 10.2. The highest BCUT2D eigenvalue weighted by Crippen LogP contribution is 2.31. The molecule has 0 atom stereocenters. The van der Waals surface area contributed by atoms with E-state index in [1.54, 1.807) is 11.0 Å². The number of benzene rings is 2. The number of aromatic nitrogens is 1. The van der Waals surface area contributed by atoms with Gasteiger partial charge in [0.25, 0.3) is 0 Å². The van der Waals surface area contributed by atoms with E-state index in [1.165, 1.54) is 6.08 Å². The third-order valence-corrected chi connectivity index (χ3v) is 5.37. The van der Waals surface area contributed by atoms with Crippen LogP contribution in [0.5, 0.6) is 11.5 Å². The Kier molecular flexibility index (Phi) is 5.85. The average Bonchev–Trinajstić information content (AvgIpc) is 3.12. The Morgan fingerprint density at radius 2 is 1.68 bits per heavy atom. The summed E-state index contributed by atoms with van der Waals surface area (Å²) in [6, 6.07) is 19.8. The Morgan fingerprint density at radius 3 is 2.32 bits per heavy atom. The van der Waals surface area contributed by atoms with Crippen molar-refractivity contribution in [2.24, 2.45) is 4.99 Å². The number of carbonyl (C=O) groups is 1. The first kappa shape index (κ1) is 20.4. The van der Waals surface area contributed by atoms with E-state index in [0.29, 0.717) is 13.1 Å². The maximum absolute atomic E-state index is 11.8. The second-order valence-corrected chi connectivity index (χ2v) is 7.47. The number of amides is 1. The normalized spacial score (nSPS) is 14.1. The van der Waals surface area contributed by atoms with Crippen molar-refractivity contribution in [1.29, 1.82) is 0 Å². The van der Waals surface area contributed by atoms with Crippen molar-refractivity contribution in [3.63, 3.8) is 0 Å². The molecule has 31 heavy (non-hydrogen) atoms. The second-order valence-electron chi connectivity index (χ2n) is 7.47. The summed E-state index contributed by atoms with van der Waals surface area (Å²) >= 11 is 0. The first-order valence-electron chi connectivity index (χ1n) is 10.2. The van der Waals surface area contributed by atoms with Crippen molar-refractivity contribution in [2.45, 2.75) is 13.0 Å². The SMILES string of the molecule is C=CC(=O)N1CC(n2ccc(C)c2/N=C(\C=C)c2ccc(Oc3ccccc3)cc2)C1. The molecule has 1 aliphatic heterocycles. The van der Waals surface area contributed by atoms with Crippen molar-refractivity contribution in [3.8, 4) is 11.5 Å². The van der Waals surface area contributed by atoms with Gasteiger partial charge < -0.3 is 14.2 Å². The van der Waals surface area contributed by atoms with Gasteiger partial charge in [0.1, 0.15) is 17.3 Å². The number of likely N-dealkylation sites (tertiary alicyclic amines) is 1. The third-order valence-electron chi connectivity index (χ3n) is 5.37. The van der Waals surface area contributed by atoms with E-state index >= 15 is 0 Å². The summed E-state index contributed by atoms with van der Waals surface area (Å²) in [7, 11) is 0. The molecule has 5 nitrogen and oxygen atoms in total. The number of nitrogens with zero attached hydrogens (tertiary/aromatic N) is 3. The number of aliphatic imine (C=N–C) groups is 1. The predicted octanol–water partition coefficient (Wildman–Crippen LogP) is 5.46. The zero-order valence-corrected chi connectivity index (χ0v) is 17.6. The van der Waals surface area contributed by atoms with E-state index in [2.05, 4.69) is 17.7 Å². The summed E-state index contributed by atoms with van der Waals surface area (Å²) in [5.41, 5.74) is 2.82. The summed E-state index contributed by atoms with van der Waals surface area (Å²) in [5, 5.41) is 0. The van der Waals surface area contributed by atoms with Crippen molar-refractivity contribution in [2.75, 3.05) is 13.1 Å². The van der Waals surface area contributed by atoms with Gasteiger partial charge in [0.15, 0.2) is 0 Å². The van der Waals surface area contributed by atoms with Crippen LogP contribution in [0.15, 0.2) is 97.2 Å². The lowest BCUT2D eigenvalue weighted by Gasteiger charge is -2.40. The number of ether oxygens (including phenoxy) is 1. The summed E-state index contributed by atoms with van der Waals surface area (Å²) in [5.74, 6) is 2.41. The molecule has 1 saturated heterocycles. The molecule has 2 heterocycles. The molecule has 0 radical (unpaired) electrons. The molecule has 0 aliphatic carbocycles. The largest absolute Gasteiger partial charge is 0.457 e. The molecule has 1 amide bonds. The fourth-order valence-electron chi connectivity index (χ4n) is 3.58. The molecule has 1 aliphatic rings. The summed E-state index contributed by atoms with van der Waals surface area (Å²) in [4.78, 5) is 18.4. The summed E-state index contributed by atoms with van der Waals surface area (Å²) in [6.07, 6.45) is 5.15. The zero-order chi connectivity index (χ0) is 21.8. The fourth-order valence-corrected chi connectivity index (χ4v) is 3.58. The van der Waals surface area contributed by atoms with Gasteiger partial charge in [-0.25, -0.2) is 4.99 Å². The Hall–Kier alpha value is -3.86. The lowest BCUT2D eigenvalue weighted by molar-refractivity contribution is -0.131. The van der Waals surface area contributed by atoms with Crippen LogP contribution >= 0.6 is 0 Å². The molecular formula is C26H25N3O2. The van der Waals surface area contributed by atoms with Gasteiger partial charge in [-0.2, -0.15) is 0 Å². The average molecular weight is 412 g/mol. The molecule has 0 saturated carbocycles. The number of para-hydroxylation sites is 1. The Morgan fingerprint density at radius 1 is 1.00 bits per heavy atom. The highest BCUT2D eigenvalue weighted by atomic mass is 16.5. The highest BCUT2D eigenvalue weighted by molar-refractivity contribution is 6.09. The van der Waals surface area contributed by atoms with Gasteiger partial charge in [0.2, 0.25) is 5.91 Å². The minimum atomic E-state index is -0.0326. The molecule has 2 aromatic carbocycles. The first-order chi connectivity index (χ1) is 15.1. The predicted molar refractivity (Wildman–Crippen MR) is 124 cm³/mol. The van der Waals surface area contributed by atoms with E-state index in [0.717, 1.165) is 34.2 Å². The Bertz CT molecular complexity index is 1120. The smallest absolute Gasteiger partial charge is 0.246 e. The summed E-state index contributed by atoms with van der Waals surface area (Å²) < 4.78 is 8.01. The van der Waals surface area contributed by atoms with E-state index in [9.17, 15) is 4.79 Å². The molecule has 156 valence electrons. The standard InChI is InChI=1S/C26H25N3O2/c1-4-24(20-11-13-23(14-12-20)31-22-9-7-6-8-10-22)27-26-19(3)15-16-29(26)21-17-28(18-21)25(30)5-2/h4-16,21H,1-2,17-18H2,3H3/b27-24+. The van der Waals surface area contributed by atoms with Crippen LogP contribution < -0.4 is 4.74 Å². The van der Waals surface area contributed by atoms with Crippen LogP contribution in [0.2, 0.25) is 0 Å². The van der Waals surface area contributed by atoms with E-state index in [4.69, 9.17) is 9.73 Å². The highest BCUT2D eigenvalue weighted by Gasteiger charge is 2.31. The van der Waals surface area contributed by atoms with Crippen molar-refractivity contribution in [1.82, 2.24) is 9.47 Å². The molecular weight excluding hydrogens is 386 g/mol. The molecule has 0 N–H and O–H groups in total. The van der Waals surface area contributed by atoms with Crippen molar-refractivity contribution >= 4 is 17.4 Å². The van der Waals surface area contributed by atoms with Crippen LogP contribution in [0, 0.1) is 6.92 Å². The van der Waals surface area contributed by atoms with E-state index in [-0.39, 0.29) is 11.9 Å². The van der Waals surface area contributed by atoms with Crippen LogP contribution in [0.25, 0.3) is 0 Å². The molecule has 3 aromatic rings. The van der Waals surface area contributed by atoms with Crippen LogP contribution in [0.3, 0.4) is 0 Å². The number of aryl methyl sites for hydroxylation is 1.